The first-order chi connectivity index (χ1) is 15.4. The first kappa shape index (κ1) is 23.6. The van der Waals surface area contributed by atoms with Gasteiger partial charge in [-0.2, -0.15) is 0 Å². The number of thiophene rings is 1. The molecule has 168 valence electrons. The second kappa shape index (κ2) is 11.0. The minimum absolute atomic E-state index is 0.250. The third-order valence-corrected chi connectivity index (χ3v) is 6.46. The van der Waals surface area contributed by atoms with E-state index in [2.05, 4.69) is 115 Å². The first-order valence-corrected chi connectivity index (χ1v) is 11.8. The summed E-state index contributed by atoms with van der Waals surface area (Å²) in [6.45, 7) is 11.5. The van der Waals surface area contributed by atoms with Crippen LogP contribution in [0.4, 0.5) is 11.4 Å². The van der Waals surface area contributed by atoms with Gasteiger partial charge in [-0.05, 0) is 67.7 Å². The molecule has 0 spiro atoms. The molecule has 3 N–H and O–H groups in total. The summed E-state index contributed by atoms with van der Waals surface area (Å²) in [4.78, 5) is 3.46. The summed E-state index contributed by atoms with van der Waals surface area (Å²) in [5.41, 5.74) is 7.52. The molecular weight excluding hydrogens is 412 g/mol. The van der Waals surface area contributed by atoms with E-state index in [1.165, 1.54) is 16.0 Å². The Hall–Kier alpha value is -3.02. The van der Waals surface area contributed by atoms with Gasteiger partial charge >= 0.3 is 0 Å². The topological polar surface area (TPSA) is 39.3 Å². The third-order valence-electron chi connectivity index (χ3n) is 5.54. The molecule has 0 amide bonds. The molecule has 4 nitrogen and oxygen atoms in total. The van der Waals surface area contributed by atoms with E-state index in [0.29, 0.717) is 0 Å². The highest BCUT2D eigenvalue weighted by molar-refractivity contribution is 7.13. The Morgan fingerprint density at radius 2 is 1.78 bits per heavy atom. The highest BCUT2D eigenvalue weighted by Gasteiger charge is 2.16. The summed E-state index contributed by atoms with van der Waals surface area (Å²) in [6.07, 6.45) is 0.909. The van der Waals surface area contributed by atoms with E-state index in [0.717, 1.165) is 41.3 Å². The van der Waals surface area contributed by atoms with Gasteiger partial charge in [0.05, 0.1) is 17.4 Å². The van der Waals surface area contributed by atoms with E-state index in [-0.39, 0.29) is 6.04 Å². The first-order valence-electron chi connectivity index (χ1n) is 10.9. The molecule has 0 aliphatic carbocycles. The van der Waals surface area contributed by atoms with E-state index >= 15 is 0 Å². The summed E-state index contributed by atoms with van der Waals surface area (Å²) in [6, 6.07) is 19.5. The zero-order valence-corrected chi connectivity index (χ0v) is 20.4. The lowest BCUT2D eigenvalue weighted by Crippen LogP contribution is -2.37. The van der Waals surface area contributed by atoms with Crippen LogP contribution in [0.1, 0.15) is 18.1 Å². The van der Waals surface area contributed by atoms with E-state index in [9.17, 15) is 0 Å². The van der Waals surface area contributed by atoms with E-state index in [1.54, 1.807) is 11.3 Å². The molecule has 1 unspecified atom stereocenters. The Morgan fingerprint density at radius 1 is 1.03 bits per heavy atom. The van der Waals surface area contributed by atoms with Crippen molar-refractivity contribution in [1.82, 2.24) is 10.2 Å². The van der Waals surface area contributed by atoms with Gasteiger partial charge in [-0.25, -0.2) is 0 Å². The lowest BCUT2D eigenvalue weighted by molar-refractivity contribution is 0.317. The number of rotatable bonds is 11. The van der Waals surface area contributed by atoms with Crippen LogP contribution in [-0.2, 0) is 6.42 Å². The van der Waals surface area contributed by atoms with Crippen LogP contribution in [0, 0.1) is 0 Å². The molecule has 0 saturated heterocycles. The Bertz CT molecular complexity index is 1040. The van der Waals surface area contributed by atoms with Crippen molar-refractivity contribution in [3.63, 3.8) is 0 Å². The Labute approximate surface area is 196 Å². The lowest BCUT2D eigenvalue weighted by atomic mass is 10.0. The fraction of sp³-hybridized carbons (Fsp3) is 0.259. The zero-order valence-electron chi connectivity index (χ0n) is 19.5. The Balaban J connectivity index is 1.74. The predicted octanol–water partition coefficient (Wildman–Crippen LogP) is 6.14. The monoisotopic (exact) mass is 446 g/mol. The normalized spacial score (nSPS) is 11.8. The van der Waals surface area contributed by atoms with Crippen LogP contribution in [0.15, 0.2) is 78.8 Å². The summed E-state index contributed by atoms with van der Waals surface area (Å²) < 4.78 is 0. The zero-order chi connectivity index (χ0) is 23.1. The van der Waals surface area contributed by atoms with Crippen LogP contribution in [0.3, 0.4) is 0 Å². The Kier molecular flexibility index (Phi) is 8.14. The quantitative estimate of drug-likeness (QED) is 0.331. The Morgan fingerprint density at radius 3 is 2.38 bits per heavy atom. The van der Waals surface area contributed by atoms with Gasteiger partial charge in [0.2, 0.25) is 0 Å². The van der Waals surface area contributed by atoms with Crippen LogP contribution in [0.25, 0.3) is 16.1 Å². The van der Waals surface area contributed by atoms with Crippen molar-refractivity contribution in [1.29, 1.82) is 0 Å². The summed E-state index contributed by atoms with van der Waals surface area (Å²) in [5.74, 6) is 0. The van der Waals surface area contributed by atoms with Crippen LogP contribution in [0.5, 0.6) is 0 Å². The van der Waals surface area contributed by atoms with Crippen LogP contribution in [-0.4, -0.2) is 38.6 Å². The average Bonchev–Trinajstić information content (AvgIpc) is 3.32. The fourth-order valence-corrected chi connectivity index (χ4v) is 4.45. The molecule has 1 atom stereocenters. The smallest absolute Gasteiger partial charge is 0.0626 e. The van der Waals surface area contributed by atoms with Crippen LogP contribution >= 0.6 is 11.3 Å². The van der Waals surface area contributed by atoms with Crippen molar-refractivity contribution in [3.8, 4) is 10.4 Å². The molecule has 0 aliphatic heterocycles. The molecule has 1 aromatic heterocycles. The SMILES string of the molecule is C=C(Nc1cc(-c2cccs2)ccc1NC)c1ccc(CC(C(=C)NCC)N(C)C)cc1. The van der Waals surface area contributed by atoms with Gasteiger partial charge < -0.3 is 20.9 Å². The summed E-state index contributed by atoms with van der Waals surface area (Å²) in [5, 5.41) is 12.2. The number of anilines is 2. The molecule has 3 rings (SSSR count). The summed E-state index contributed by atoms with van der Waals surface area (Å²) in [7, 11) is 6.12. The maximum Gasteiger partial charge on any atom is 0.0626 e. The maximum atomic E-state index is 4.29. The molecule has 0 saturated carbocycles. The van der Waals surface area contributed by atoms with Crippen molar-refractivity contribution < 1.29 is 0 Å². The molecule has 2 aromatic carbocycles. The van der Waals surface area contributed by atoms with Gasteiger partial charge in [0.1, 0.15) is 0 Å². The lowest BCUT2D eigenvalue weighted by Gasteiger charge is -2.27. The molecule has 0 aliphatic rings. The van der Waals surface area contributed by atoms with Gasteiger partial charge in [0.25, 0.3) is 0 Å². The van der Waals surface area contributed by atoms with E-state index < -0.39 is 0 Å². The second-order valence-corrected chi connectivity index (χ2v) is 8.97. The molecule has 32 heavy (non-hydrogen) atoms. The van der Waals surface area contributed by atoms with Gasteiger partial charge in [-0.15, -0.1) is 11.3 Å². The van der Waals surface area contributed by atoms with Crippen molar-refractivity contribution in [2.24, 2.45) is 0 Å². The van der Waals surface area contributed by atoms with Gasteiger partial charge in [-0.1, -0.05) is 49.6 Å². The van der Waals surface area contributed by atoms with Crippen molar-refractivity contribution in [3.05, 3.63) is 90.0 Å². The number of hydrogen-bond acceptors (Lipinski definition) is 5. The minimum Gasteiger partial charge on any atom is -0.388 e. The maximum absolute atomic E-state index is 4.29. The number of nitrogens with zero attached hydrogens (tertiary/aromatic N) is 1. The highest BCUT2D eigenvalue weighted by atomic mass is 32.1. The third kappa shape index (κ3) is 5.81. The molecule has 0 radical (unpaired) electrons. The predicted molar refractivity (Wildman–Crippen MR) is 142 cm³/mol. The second-order valence-electron chi connectivity index (χ2n) is 8.03. The van der Waals surface area contributed by atoms with Crippen molar-refractivity contribution >= 4 is 28.4 Å². The van der Waals surface area contributed by atoms with Gasteiger partial charge in [0, 0.05) is 29.9 Å². The van der Waals surface area contributed by atoms with Gasteiger partial charge in [-0.3, -0.25) is 0 Å². The largest absolute Gasteiger partial charge is 0.388 e. The van der Waals surface area contributed by atoms with Crippen LogP contribution in [0.2, 0.25) is 0 Å². The number of likely N-dealkylation sites (N-methyl/N-ethyl adjacent to an activating group) is 2. The standard InChI is InChI=1S/C27H34N4S/c1-7-29-20(3)26(31(5)6)17-21-10-12-22(13-11-21)19(2)30-25-18-23(14-15-24(25)28-4)27-9-8-16-32-27/h8-16,18,26,28-30H,2-3,7,17H2,1,4-6H3. The molecular formula is C27H34N4S. The molecule has 0 fully saturated rings. The number of benzene rings is 2. The molecule has 1 heterocycles. The van der Waals surface area contributed by atoms with Gasteiger partial charge in [0.15, 0.2) is 0 Å². The van der Waals surface area contributed by atoms with Crippen molar-refractivity contribution in [2.75, 3.05) is 38.3 Å². The summed E-state index contributed by atoms with van der Waals surface area (Å²) >= 11 is 1.74. The number of hydrogen-bond donors (Lipinski definition) is 3. The van der Waals surface area contributed by atoms with Crippen LogP contribution < -0.4 is 16.0 Å². The van der Waals surface area contributed by atoms with E-state index in [4.69, 9.17) is 0 Å². The highest BCUT2D eigenvalue weighted by Crippen LogP contribution is 2.33. The van der Waals surface area contributed by atoms with Crippen molar-refractivity contribution in [2.45, 2.75) is 19.4 Å². The molecule has 5 heteroatoms. The minimum atomic E-state index is 0.250. The molecule has 3 aromatic rings. The fourth-order valence-electron chi connectivity index (χ4n) is 3.72. The molecule has 0 bridgehead atoms. The average molecular weight is 447 g/mol. The number of nitrogens with one attached hydrogen (secondary N) is 3. The van der Waals surface area contributed by atoms with E-state index in [1.807, 2.05) is 7.05 Å².